The van der Waals surface area contributed by atoms with Gasteiger partial charge in [-0.25, -0.2) is 9.78 Å². The van der Waals surface area contributed by atoms with Gasteiger partial charge in [0.15, 0.2) is 0 Å². The van der Waals surface area contributed by atoms with Gasteiger partial charge in [0.1, 0.15) is 17.7 Å². The standard InChI is InChI=1S/C33H35F6N3O5/c1-19-30(21-15-22(32(34,35)36)17-23(16-21)33(37,38)39)47-31(45)42(19)18-26-24(8-10-28(40-26)41-12-4-3-5-13-41)25-14-20(7-11-29(43)44)6-9-27(25)46-2/h6,8-10,14-15,17,19,23,30H,3-5,7,11-13,16,18H2,1-2H3,(H,43,44). The first kappa shape index (κ1) is 34.1. The Bertz CT molecular complexity index is 1560. The topological polar surface area (TPSA) is 92.2 Å². The fraction of sp³-hybridized carbons (Fsp3) is 0.485. The normalized spacial score (nSPS) is 22.1. The molecule has 8 nitrogen and oxygen atoms in total. The zero-order chi connectivity index (χ0) is 34.1. The molecule has 3 unspecified atom stereocenters. The number of cyclic esters (lactones) is 1. The fourth-order valence-corrected chi connectivity index (χ4v) is 6.31. The third-order valence-corrected chi connectivity index (χ3v) is 8.82. The number of aryl methyl sites for hydroxylation is 1. The van der Waals surface area contributed by atoms with Gasteiger partial charge in [0.25, 0.3) is 0 Å². The van der Waals surface area contributed by atoms with E-state index in [1.165, 1.54) is 18.9 Å². The molecule has 254 valence electrons. The van der Waals surface area contributed by atoms with Gasteiger partial charge in [-0.3, -0.25) is 9.69 Å². The smallest absolute Gasteiger partial charge is 0.416 e. The molecule has 0 saturated carbocycles. The number of carbonyl (C=O) groups excluding carboxylic acids is 1. The highest BCUT2D eigenvalue weighted by molar-refractivity contribution is 5.76. The van der Waals surface area contributed by atoms with Gasteiger partial charge in [0, 0.05) is 30.6 Å². The molecule has 1 aromatic heterocycles. The van der Waals surface area contributed by atoms with Crippen LogP contribution >= 0.6 is 0 Å². The molecule has 0 radical (unpaired) electrons. The number of hydrogen-bond acceptors (Lipinski definition) is 6. The van der Waals surface area contributed by atoms with E-state index in [1.807, 2.05) is 12.1 Å². The van der Waals surface area contributed by atoms with Crippen LogP contribution in [0.5, 0.6) is 5.75 Å². The molecule has 2 saturated heterocycles. The first-order valence-electron chi connectivity index (χ1n) is 15.3. The van der Waals surface area contributed by atoms with Crippen molar-refractivity contribution in [1.29, 1.82) is 0 Å². The molecule has 3 aliphatic rings. The second-order valence-electron chi connectivity index (χ2n) is 12.0. The number of ether oxygens (including phenoxy) is 2. The molecular formula is C33H35F6N3O5. The first-order valence-corrected chi connectivity index (χ1v) is 15.3. The lowest BCUT2D eigenvalue weighted by atomic mass is 9.85. The Morgan fingerprint density at radius 1 is 1.06 bits per heavy atom. The lowest BCUT2D eigenvalue weighted by Crippen LogP contribution is -2.37. The zero-order valence-electron chi connectivity index (χ0n) is 25.8. The average molecular weight is 668 g/mol. The number of alkyl halides is 6. The number of aromatic nitrogens is 1. The lowest BCUT2D eigenvalue weighted by Gasteiger charge is -2.30. The molecule has 1 amide bonds. The second kappa shape index (κ2) is 13.5. The number of nitrogens with zero attached hydrogens (tertiary/aromatic N) is 3. The molecule has 5 rings (SSSR count). The average Bonchev–Trinajstić information content (AvgIpc) is 3.31. The summed E-state index contributed by atoms with van der Waals surface area (Å²) in [5, 5.41) is 9.19. The molecular weight excluding hydrogens is 632 g/mol. The summed E-state index contributed by atoms with van der Waals surface area (Å²) in [7, 11) is 1.48. The van der Waals surface area contributed by atoms with Crippen LogP contribution in [0.3, 0.4) is 0 Å². The van der Waals surface area contributed by atoms with Crippen LogP contribution in [0.2, 0.25) is 0 Å². The van der Waals surface area contributed by atoms with Crippen molar-refractivity contribution in [2.24, 2.45) is 5.92 Å². The van der Waals surface area contributed by atoms with Gasteiger partial charge in [-0.1, -0.05) is 12.1 Å². The van der Waals surface area contributed by atoms with Crippen LogP contribution in [-0.2, 0) is 22.5 Å². The number of carboxylic acid groups (broad SMARTS) is 1. The van der Waals surface area contributed by atoms with Crippen LogP contribution in [0.1, 0.15) is 50.3 Å². The van der Waals surface area contributed by atoms with Crippen LogP contribution in [0, 0.1) is 5.92 Å². The van der Waals surface area contributed by atoms with E-state index in [1.54, 1.807) is 18.2 Å². The molecule has 3 atom stereocenters. The Labute approximate surface area is 267 Å². The van der Waals surface area contributed by atoms with Crippen LogP contribution in [0.4, 0.5) is 37.0 Å². The Balaban J connectivity index is 1.51. The molecule has 0 spiro atoms. The number of carboxylic acids is 1. The molecule has 0 bridgehead atoms. The van der Waals surface area contributed by atoms with Crippen molar-refractivity contribution in [3.63, 3.8) is 0 Å². The Morgan fingerprint density at radius 2 is 1.79 bits per heavy atom. The Kier molecular flexibility index (Phi) is 9.78. The van der Waals surface area contributed by atoms with Crippen molar-refractivity contribution in [2.75, 3.05) is 25.1 Å². The van der Waals surface area contributed by atoms with Gasteiger partial charge in [-0.15, -0.1) is 0 Å². The summed E-state index contributed by atoms with van der Waals surface area (Å²) < 4.78 is 93.0. The molecule has 3 heterocycles. The number of piperidine rings is 1. The van der Waals surface area contributed by atoms with Crippen molar-refractivity contribution in [1.82, 2.24) is 9.88 Å². The van der Waals surface area contributed by atoms with Crippen LogP contribution in [0.25, 0.3) is 11.1 Å². The third-order valence-electron chi connectivity index (χ3n) is 8.82. The SMILES string of the molecule is COc1ccc(CCC(=O)O)cc1-c1ccc(N2CCCCC2)nc1CN1C(=O)OC(C2=CC(C(F)(F)F)=CC(C(F)(F)F)C2)C1C. The van der Waals surface area contributed by atoms with E-state index in [0.29, 0.717) is 34.5 Å². The zero-order valence-corrected chi connectivity index (χ0v) is 25.8. The van der Waals surface area contributed by atoms with E-state index >= 15 is 0 Å². The van der Waals surface area contributed by atoms with E-state index < -0.39 is 54.5 Å². The number of allylic oxidation sites excluding steroid dienone is 3. The van der Waals surface area contributed by atoms with Gasteiger partial charge < -0.3 is 19.5 Å². The number of pyridine rings is 1. The van der Waals surface area contributed by atoms with Crippen molar-refractivity contribution in [2.45, 2.75) is 76.5 Å². The number of methoxy groups -OCH3 is 1. The lowest BCUT2D eigenvalue weighted by molar-refractivity contribution is -0.163. The minimum atomic E-state index is -5.02. The van der Waals surface area contributed by atoms with E-state index in [4.69, 9.17) is 14.5 Å². The molecule has 1 aromatic carbocycles. The number of rotatable bonds is 9. The fourth-order valence-electron chi connectivity index (χ4n) is 6.31. The van der Waals surface area contributed by atoms with Gasteiger partial charge in [0.05, 0.1) is 36.9 Å². The number of amides is 1. The monoisotopic (exact) mass is 667 g/mol. The van der Waals surface area contributed by atoms with Gasteiger partial charge in [-0.2, -0.15) is 26.3 Å². The molecule has 2 aromatic rings. The first-order chi connectivity index (χ1) is 22.2. The number of anilines is 1. The van der Waals surface area contributed by atoms with Crippen LogP contribution in [-0.4, -0.2) is 71.8 Å². The highest BCUT2D eigenvalue weighted by Gasteiger charge is 2.48. The predicted octanol–water partition coefficient (Wildman–Crippen LogP) is 7.47. The van der Waals surface area contributed by atoms with E-state index in [-0.39, 0.29) is 31.0 Å². The number of benzene rings is 1. The maximum Gasteiger partial charge on any atom is 0.416 e. The predicted molar refractivity (Wildman–Crippen MR) is 160 cm³/mol. The Hall–Kier alpha value is -4.23. The molecule has 14 heteroatoms. The summed E-state index contributed by atoms with van der Waals surface area (Å²) in [5.74, 6) is -2.22. The highest BCUT2D eigenvalue weighted by Crippen LogP contribution is 2.44. The summed E-state index contributed by atoms with van der Waals surface area (Å²) in [5.41, 5.74) is 0.583. The molecule has 2 aliphatic heterocycles. The summed E-state index contributed by atoms with van der Waals surface area (Å²) in [4.78, 5) is 32.8. The number of aliphatic carboxylic acids is 1. The molecule has 1 N–H and O–H groups in total. The molecule has 1 aliphatic carbocycles. The van der Waals surface area contributed by atoms with Crippen molar-refractivity contribution < 1.29 is 50.5 Å². The van der Waals surface area contributed by atoms with Crippen molar-refractivity contribution in [3.05, 3.63) is 64.9 Å². The molecule has 2 fully saturated rings. The van der Waals surface area contributed by atoms with Gasteiger partial charge in [-0.05, 0) is 80.5 Å². The van der Waals surface area contributed by atoms with Gasteiger partial charge >= 0.3 is 24.4 Å². The van der Waals surface area contributed by atoms with E-state index in [9.17, 15) is 41.0 Å². The highest BCUT2D eigenvalue weighted by atomic mass is 19.4. The minimum absolute atomic E-state index is 0.0976. The minimum Gasteiger partial charge on any atom is -0.496 e. The van der Waals surface area contributed by atoms with Crippen molar-refractivity contribution >= 4 is 17.9 Å². The third kappa shape index (κ3) is 7.68. The quantitative estimate of drug-likeness (QED) is 0.278. The maximum atomic E-state index is 13.7. The van der Waals surface area contributed by atoms with E-state index in [0.717, 1.165) is 37.9 Å². The largest absolute Gasteiger partial charge is 0.496 e. The second-order valence-corrected chi connectivity index (χ2v) is 12.0. The summed E-state index contributed by atoms with van der Waals surface area (Å²) in [6, 6.07) is 7.99. The summed E-state index contributed by atoms with van der Waals surface area (Å²) in [6.45, 7) is 2.90. The van der Waals surface area contributed by atoms with Crippen LogP contribution < -0.4 is 9.64 Å². The Morgan fingerprint density at radius 3 is 2.43 bits per heavy atom. The number of carbonyl (C=O) groups is 2. The maximum absolute atomic E-state index is 13.7. The van der Waals surface area contributed by atoms with E-state index in [2.05, 4.69) is 4.90 Å². The van der Waals surface area contributed by atoms with Gasteiger partial charge in [0.2, 0.25) is 0 Å². The number of hydrogen-bond donors (Lipinski definition) is 1. The van der Waals surface area contributed by atoms with Crippen molar-refractivity contribution in [3.8, 4) is 16.9 Å². The number of halogens is 6. The summed E-state index contributed by atoms with van der Waals surface area (Å²) >= 11 is 0. The summed E-state index contributed by atoms with van der Waals surface area (Å²) in [6.07, 6.45) is -8.97. The van der Waals surface area contributed by atoms with Crippen LogP contribution in [0.15, 0.2) is 53.6 Å². The molecule has 47 heavy (non-hydrogen) atoms.